The predicted octanol–water partition coefficient (Wildman–Crippen LogP) is -4.93. The Morgan fingerprint density at radius 2 is 1.59 bits per heavy atom. The molecule has 0 aliphatic carbocycles. The molecule has 0 radical (unpaired) electrons. The number of carbonyl (C=O) groups is 2. The van der Waals surface area contributed by atoms with Crippen LogP contribution in [0.1, 0.15) is 13.8 Å². The fourth-order valence-corrected chi connectivity index (χ4v) is 3.40. The number of hydrogen-bond acceptors (Lipinski definition) is 13. The molecule has 0 saturated carbocycles. The smallest absolute Gasteiger partial charge is 0.305 e. The number of Topliss-reactive ketones (excluding diaryl/α,β-unsaturated/α-hetero) is 1. The number of ketones is 1. The maximum Gasteiger partial charge on any atom is 0.305 e. The molecule has 13 heteroatoms. The van der Waals surface area contributed by atoms with Gasteiger partial charge in [0.25, 0.3) is 5.79 Å². The SMILES string of the molecule is CC(=O)OC1(C(C)=O)O[C@H](CO)[C@@H](O[C@@H]2O[C@H](CO)[C@@H](O)[C@H](O)[C@H]2N)[C@H](O)[C@H]1N. The molecule has 2 heterocycles. The largest absolute Gasteiger partial charge is 0.424 e. The van der Waals surface area contributed by atoms with Gasteiger partial charge < -0.3 is 55.9 Å². The molecular formula is C16H28N2O11. The lowest BCUT2D eigenvalue weighted by Gasteiger charge is -2.49. The quantitative estimate of drug-likeness (QED) is 0.199. The number of hydrogen-bond donors (Lipinski definition) is 7. The van der Waals surface area contributed by atoms with Crippen molar-refractivity contribution in [2.75, 3.05) is 13.2 Å². The van der Waals surface area contributed by atoms with Gasteiger partial charge in [-0.25, -0.2) is 0 Å². The van der Waals surface area contributed by atoms with E-state index in [1.807, 2.05) is 0 Å². The Labute approximate surface area is 166 Å². The zero-order chi connectivity index (χ0) is 22.1. The Morgan fingerprint density at radius 1 is 1.00 bits per heavy atom. The molecule has 168 valence electrons. The van der Waals surface area contributed by atoms with Crippen molar-refractivity contribution in [1.82, 2.24) is 0 Å². The van der Waals surface area contributed by atoms with Crippen molar-refractivity contribution in [3.05, 3.63) is 0 Å². The first-order valence-electron chi connectivity index (χ1n) is 8.96. The maximum atomic E-state index is 12.1. The first kappa shape index (κ1) is 24.0. The maximum absolute atomic E-state index is 12.1. The second-order valence-corrected chi connectivity index (χ2v) is 7.06. The fourth-order valence-electron chi connectivity index (χ4n) is 3.40. The number of esters is 1. The molecule has 2 aliphatic rings. The Morgan fingerprint density at radius 3 is 2.07 bits per heavy atom. The number of ether oxygens (including phenoxy) is 4. The molecule has 0 bridgehead atoms. The number of carbonyl (C=O) groups excluding carboxylic acids is 2. The van der Waals surface area contributed by atoms with E-state index >= 15 is 0 Å². The number of aliphatic hydroxyl groups excluding tert-OH is 5. The minimum Gasteiger partial charge on any atom is -0.424 e. The van der Waals surface area contributed by atoms with Gasteiger partial charge in [0.15, 0.2) is 6.29 Å². The van der Waals surface area contributed by atoms with Crippen LogP contribution in [0.4, 0.5) is 0 Å². The van der Waals surface area contributed by atoms with Crippen molar-refractivity contribution in [3.8, 4) is 0 Å². The summed E-state index contributed by atoms with van der Waals surface area (Å²) in [4.78, 5) is 23.6. The van der Waals surface area contributed by atoms with Crippen LogP contribution in [0.5, 0.6) is 0 Å². The van der Waals surface area contributed by atoms with Crippen LogP contribution >= 0.6 is 0 Å². The van der Waals surface area contributed by atoms with E-state index in [-0.39, 0.29) is 0 Å². The van der Waals surface area contributed by atoms with Gasteiger partial charge in [0.1, 0.15) is 42.7 Å². The lowest BCUT2D eigenvalue weighted by Crippen LogP contribution is -2.73. The standard InChI is InChI=1S/C16H28N2O11/c1-5(21)16(28-6(2)22)14(18)12(25)13(8(4-20)29-16)27-15-9(17)11(24)10(23)7(3-19)26-15/h7-15,19-20,23-25H,3-4,17-18H2,1-2H3/t7-,8-,9-,10-,11-,12+,13-,14-,15+,16?/m1/s1. The molecule has 2 saturated heterocycles. The normalized spacial score (nSPS) is 45.6. The van der Waals surface area contributed by atoms with Gasteiger partial charge in [-0.3, -0.25) is 9.59 Å². The summed E-state index contributed by atoms with van der Waals surface area (Å²) < 4.78 is 21.3. The monoisotopic (exact) mass is 424 g/mol. The molecule has 0 aromatic carbocycles. The average Bonchev–Trinajstić information content (AvgIpc) is 2.67. The summed E-state index contributed by atoms with van der Waals surface area (Å²) in [5, 5.41) is 49.5. The predicted molar refractivity (Wildman–Crippen MR) is 91.7 cm³/mol. The van der Waals surface area contributed by atoms with Gasteiger partial charge >= 0.3 is 5.97 Å². The summed E-state index contributed by atoms with van der Waals surface area (Å²) in [7, 11) is 0. The minimum atomic E-state index is -2.35. The highest BCUT2D eigenvalue weighted by Gasteiger charge is 2.59. The van der Waals surface area contributed by atoms with E-state index in [1.165, 1.54) is 0 Å². The van der Waals surface area contributed by atoms with Crippen LogP contribution in [0.15, 0.2) is 0 Å². The van der Waals surface area contributed by atoms with Crippen LogP contribution in [0.2, 0.25) is 0 Å². The van der Waals surface area contributed by atoms with Crippen molar-refractivity contribution in [2.24, 2.45) is 11.5 Å². The average molecular weight is 424 g/mol. The molecule has 2 aliphatic heterocycles. The van der Waals surface area contributed by atoms with Crippen LogP contribution in [0, 0.1) is 0 Å². The molecule has 13 nitrogen and oxygen atoms in total. The topological polar surface area (TPSA) is 224 Å². The van der Waals surface area contributed by atoms with E-state index in [4.69, 9.17) is 30.4 Å². The minimum absolute atomic E-state index is 0.655. The Balaban J connectivity index is 2.28. The highest BCUT2D eigenvalue weighted by atomic mass is 16.8. The van der Waals surface area contributed by atoms with Crippen LogP contribution < -0.4 is 11.5 Å². The van der Waals surface area contributed by atoms with E-state index in [9.17, 15) is 35.1 Å². The fraction of sp³-hybridized carbons (Fsp3) is 0.875. The van der Waals surface area contributed by atoms with E-state index in [0.717, 1.165) is 13.8 Å². The van der Waals surface area contributed by atoms with Gasteiger partial charge in [0.2, 0.25) is 5.78 Å². The van der Waals surface area contributed by atoms with Gasteiger partial charge in [0, 0.05) is 13.8 Å². The summed E-state index contributed by atoms with van der Waals surface area (Å²) in [5.41, 5.74) is 11.7. The third-order valence-electron chi connectivity index (χ3n) is 5.02. The second kappa shape index (κ2) is 9.26. The first-order chi connectivity index (χ1) is 13.5. The molecular weight excluding hydrogens is 396 g/mol. The van der Waals surface area contributed by atoms with Gasteiger partial charge in [-0.15, -0.1) is 0 Å². The zero-order valence-corrected chi connectivity index (χ0v) is 16.0. The van der Waals surface area contributed by atoms with Crippen molar-refractivity contribution in [3.63, 3.8) is 0 Å². The summed E-state index contributed by atoms with van der Waals surface area (Å²) in [6.45, 7) is 0.619. The second-order valence-electron chi connectivity index (χ2n) is 7.06. The molecule has 29 heavy (non-hydrogen) atoms. The third-order valence-corrected chi connectivity index (χ3v) is 5.02. The van der Waals surface area contributed by atoms with Crippen molar-refractivity contribution < 1.29 is 54.1 Å². The Hall–Kier alpha value is -1.26. The molecule has 0 amide bonds. The van der Waals surface area contributed by atoms with E-state index < -0.39 is 85.8 Å². The molecule has 2 rings (SSSR count). The van der Waals surface area contributed by atoms with Crippen LogP contribution in [0.3, 0.4) is 0 Å². The van der Waals surface area contributed by atoms with Gasteiger partial charge in [-0.2, -0.15) is 0 Å². The van der Waals surface area contributed by atoms with Gasteiger partial charge in [0.05, 0.1) is 19.3 Å². The third kappa shape index (κ3) is 4.44. The van der Waals surface area contributed by atoms with E-state index in [1.54, 1.807) is 0 Å². The lowest BCUT2D eigenvalue weighted by atomic mass is 9.88. The molecule has 10 atom stereocenters. The van der Waals surface area contributed by atoms with Gasteiger partial charge in [-0.1, -0.05) is 0 Å². The van der Waals surface area contributed by atoms with Crippen molar-refractivity contribution in [2.45, 2.75) is 74.6 Å². The molecule has 0 aromatic rings. The molecule has 9 N–H and O–H groups in total. The molecule has 2 fully saturated rings. The van der Waals surface area contributed by atoms with E-state index in [0.29, 0.717) is 0 Å². The molecule has 0 spiro atoms. The van der Waals surface area contributed by atoms with Crippen LogP contribution in [-0.2, 0) is 28.5 Å². The van der Waals surface area contributed by atoms with Crippen LogP contribution in [-0.4, -0.2) is 111 Å². The Kier molecular flexibility index (Phi) is 7.67. The zero-order valence-electron chi connectivity index (χ0n) is 16.0. The highest BCUT2D eigenvalue weighted by molar-refractivity contribution is 5.87. The number of nitrogens with two attached hydrogens (primary N) is 2. The first-order valence-corrected chi connectivity index (χ1v) is 8.96. The number of aliphatic hydroxyl groups is 5. The highest BCUT2D eigenvalue weighted by Crippen LogP contribution is 2.34. The summed E-state index contributed by atoms with van der Waals surface area (Å²) in [5.74, 6) is -4.07. The molecule has 1 unspecified atom stereocenters. The molecule has 0 aromatic heterocycles. The lowest BCUT2D eigenvalue weighted by molar-refractivity contribution is -0.342. The van der Waals surface area contributed by atoms with Crippen molar-refractivity contribution >= 4 is 11.8 Å². The summed E-state index contributed by atoms with van der Waals surface area (Å²) in [6, 6.07) is -2.89. The van der Waals surface area contributed by atoms with E-state index in [2.05, 4.69) is 0 Å². The summed E-state index contributed by atoms with van der Waals surface area (Å²) >= 11 is 0. The number of rotatable bonds is 6. The van der Waals surface area contributed by atoms with Crippen molar-refractivity contribution in [1.29, 1.82) is 0 Å². The summed E-state index contributed by atoms with van der Waals surface area (Å²) in [6.07, 6.45) is -10.2. The van der Waals surface area contributed by atoms with Gasteiger partial charge in [-0.05, 0) is 0 Å². The Bertz CT molecular complexity index is 603. The van der Waals surface area contributed by atoms with Crippen LogP contribution in [0.25, 0.3) is 0 Å².